The summed E-state index contributed by atoms with van der Waals surface area (Å²) in [5, 5.41) is 0. The number of hydrogen-bond donors (Lipinski definition) is 0. The molecule has 1 aliphatic rings. The number of imide groups is 2. The predicted octanol–water partition coefficient (Wildman–Crippen LogP) is 1.11. The summed E-state index contributed by atoms with van der Waals surface area (Å²) in [6.07, 6.45) is 0. The Morgan fingerprint density at radius 3 is 2.39 bits per heavy atom. The van der Waals surface area contributed by atoms with Crippen LogP contribution >= 0.6 is 27.3 Å². The van der Waals surface area contributed by atoms with Crippen molar-refractivity contribution < 1.29 is 19.2 Å². The summed E-state index contributed by atoms with van der Waals surface area (Å²) in [5.74, 6) is -2.26. The molecule has 1 aromatic heterocycles. The number of Topliss-reactive ketones (excluding diaryl/α,β-unsaturated/α-hetero) is 1. The van der Waals surface area contributed by atoms with Gasteiger partial charge in [0, 0.05) is 7.05 Å². The third kappa shape index (κ3) is 2.08. The van der Waals surface area contributed by atoms with Gasteiger partial charge in [0.05, 0.1) is 15.2 Å². The van der Waals surface area contributed by atoms with Gasteiger partial charge in [-0.3, -0.25) is 19.3 Å². The van der Waals surface area contributed by atoms with Gasteiger partial charge in [-0.2, -0.15) is 0 Å². The number of amides is 4. The molecule has 0 saturated carbocycles. The molecule has 1 saturated heterocycles. The zero-order valence-electron chi connectivity index (χ0n) is 9.18. The summed E-state index contributed by atoms with van der Waals surface area (Å²) in [6, 6.07) is 2.52. The molecule has 0 spiro atoms. The van der Waals surface area contributed by atoms with Crippen molar-refractivity contribution in [2.75, 3.05) is 13.6 Å². The van der Waals surface area contributed by atoms with Crippen LogP contribution in [0, 0.1) is 0 Å². The van der Waals surface area contributed by atoms with Gasteiger partial charge >= 0.3 is 17.8 Å². The molecule has 4 amide bonds. The normalized spacial score (nSPS) is 15.8. The lowest BCUT2D eigenvalue weighted by Crippen LogP contribution is -2.36. The molecule has 1 aromatic rings. The number of hydrogen-bond acceptors (Lipinski definition) is 5. The van der Waals surface area contributed by atoms with Crippen molar-refractivity contribution in [3.05, 3.63) is 20.8 Å². The minimum atomic E-state index is -0.966. The molecule has 2 rings (SSSR count). The van der Waals surface area contributed by atoms with Crippen LogP contribution in [-0.4, -0.2) is 47.0 Å². The topological polar surface area (TPSA) is 74.8 Å². The molecule has 6 nitrogen and oxygen atoms in total. The van der Waals surface area contributed by atoms with E-state index < -0.39 is 24.4 Å². The van der Waals surface area contributed by atoms with Gasteiger partial charge in [-0.15, -0.1) is 11.3 Å². The van der Waals surface area contributed by atoms with Crippen LogP contribution in [0.3, 0.4) is 0 Å². The Morgan fingerprint density at radius 2 is 1.94 bits per heavy atom. The van der Waals surface area contributed by atoms with Crippen LogP contribution in [0.5, 0.6) is 0 Å². The van der Waals surface area contributed by atoms with Crippen LogP contribution in [0.25, 0.3) is 0 Å². The first-order valence-electron chi connectivity index (χ1n) is 4.84. The van der Waals surface area contributed by atoms with Crippen molar-refractivity contribution >= 4 is 50.9 Å². The van der Waals surface area contributed by atoms with Crippen LogP contribution in [0.1, 0.15) is 9.67 Å². The predicted molar refractivity (Wildman–Crippen MR) is 66.2 cm³/mol. The van der Waals surface area contributed by atoms with E-state index in [1.165, 1.54) is 18.4 Å². The zero-order valence-corrected chi connectivity index (χ0v) is 11.6. The maximum absolute atomic E-state index is 11.8. The second-order valence-electron chi connectivity index (χ2n) is 3.56. The molecule has 1 fully saturated rings. The van der Waals surface area contributed by atoms with Gasteiger partial charge in [-0.25, -0.2) is 9.69 Å². The van der Waals surface area contributed by atoms with Gasteiger partial charge in [0.15, 0.2) is 5.78 Å². The number of urea groups is 1. The molecule has 8 heteroatoms. The average molecular weight is 331 g/mol. The molecule has 18 heavy (non-hydrogen) atoms. The SMILES string of the molecule is CN1C(=O)C(=O)N(CC(=O)c2ccc(Br)s2)C1=O. The Morgan fingerprint density at radius 1 is 1.28 bits per heavy atom. The fourth-order valence-corrected chi connectivity index (χ4v) is 2.75. The fraction of sp³-hybridized carbons (Fsp3) is 0.200. The van der Waals surface area contributed by atoms with Crippen molar-refractivity contribution in [1.29, 1.82) is 0 Å². The van der Waals surface area contributed by atoms with E-state index in [2.05, 4.69) is 15.9 Å². The Labute approximate surface area is 114 Å². The molecule has 94 valence electrons. The summed E-state index contributed by atoms with van der Waals surface area (Å²) >= 11 is 4.42. The molecule has 0 N–H and O–H groups in total. The minimum Gasteiger partial charge on any atom is -0.291 e. The summed E-state index contributed by atoms with van der Waals surface area (Å²) in [5.41, 5.74) is 0. The highest BCUT2D eigenvalue weighted by Gasteiger charge is 2.43. The summed E-state index contributed by atoms with van der Waals surface area (Å²) in [6.45, 7) is -0.416. The maximum Gasteiger partial charge on any atom is 0.334 e. The van der Waals surface area contributed by atoms with Crippen LogP contribution in [0.4, 0.5) is 4.79 Å². The molecule has 0 aliphatic carbocycles. The number of carbonyl (C=O) groups is 4. The number of halogens is 1. The zero-order chi connectivity index (χ0) is 13.4. The first kappa shape index (κ1) is 12.9. The molecular weight excluding hydrogens is 324 g/mol. The van der Waals surface area contributed by atoms with Gasteiger partial charge in [-0.1, -0.05) is 0 Å². The molecule has 0 unspecified atom stereocenters. The molecule has 0 bridgehead atoms. The van der Waals surface area contributed by atoms with Gasteiger partial charge in [0.25, 0.3) is 0 Å². The molecule has 0 atom stereocenters. The van der Waals surface area contributed by atoms with E-state index in [1.807, 2.05) is 0 Å². The van der Waals surface area contributed by atoms with Crippen molar-refractivity contribution in [3.8, 4) is 0 Å². The van der Waals surface area contributed by atoms with Gasteiger partial charge < -0.3 is 0 Å². The number of rotatable bonds is 3. The Bertz CT molecular complexity index is 568. The van der Waals surface area contributed by atoms with Crippen molar-refractivity contribution in [2.24, 2.45) is 0 Å². The number of likely N-dealkylation sites (N-methyl/N-ethyl adjacent to an activating group) is 1. The van der Waals surface area contributed by atoms with Crippen molar-refractivity contribution in [3.63, 3.8) is 0 Å². The molecule has 0 radical (unpaired) electrons. The lowest BCUT2D eigenvalue weighted by molar-refractivity contribution is -0.142. The quantitative estimate of drug-likeness (QED) is 0.472. The Kier molecular flexibility index (Phi) is 3.31. The second kappa shape index (κ2) is 4.62. The third-order valence-electron chi connectivity index (χ3n) is 2.40. The molecule has 2 heterocycles. The van der Waals surface area contributed by atoms with E-state index in [0.29, 0.717) is 14.7 Å². The van der Waals surface area contributed by atoms with Gasteiger partial charge in [-0.05, 0) is 28.1 Å². The second-order valence-corrected chi connectivity index (χ2v) is 6.03. The largest absolute Gasteiger partial charge is 0.334 e. The highest BCUT2D eigenvalue weighted by atomic mass is 79.9. The average Bonchev–Trinajstić information content (AvgIpc) is 2.84. The van der Waals surface area contributed by atoms with E-state index in [0.717, 1.165) is 3.79 Å². The summed E-state index contributed by atoms with van der Waals surface area (Å²) in [7, 11) is 1.20. The highest BCUT2D eigenvalue weighted by molar-refractivity contribution is 9.11. The molecular formula is C10H7BrN2O4S. The first-order chi connectivity index (χ1) is 8.41. The van der Waals surface area contributed by atoms with Crippen molar-refractivity contribution in [2.45, 2.75) is 0 Å². The standard InChI is InChI=1S/C10H7BrN2O4S/c1-12-8(15)9(16)13(10(12)17)4-5(14)6-2-3-7(11)18-6/h2-3H,4H2,1H3. The fourth-order valence-electron chi connectivity index (χ4n) is 1.44. The van der Waals surface area contributed by atoms with Crippen LogP contribution in [0.15, 0.2) is 15.9 Å². The van der Waals surface area contributed by atoms with E-state index in [4.69, 9.17) is 0 Å². The van der Waals surface area contributed by atoms with E-state index in [1.54, 1.807) is 12.1 Å². The van der Waals surface area contributed by atoms with Crippen LogP contribution in [-0.2, 0) is 9.59 Å². The number of ketones is 1. The Hall–Kier alpha value is -1.54. The monoisotopic (exact) mass is 330 g/mol. The smallest absolute Gasteiger partial charge is 0.291 e. The van der Waals surface area contributed by atoms with E-state index in [9.17, 15) is 19.2 Å². The third-order valence-corrected chi connectivity index (χ3v) is 4.07. The van der Waals surface area contributed by atoms with E-state index in [-0.39, 0.29) is 5.78 Å². The van der Waals surface area contributed by atoms with Crippen LogP contribution < -0.4 is 0 Å². The lowest BCUT2D eigenvalue weighted by atomic mass is 10.3. The minimum absolute atomic E-state index is 0.379. The summed E-state index contributed by atoms with van der Waals surface area (Å²) in [4.78, 5) is 47.8. The lowest BCUT2D eigenvalue weighted by Gasteiger charge is -2.10. The Balaban J connectivity index is 2.15. The van der Waals surface area contributed by atoms with Crippen LogP contribution in [0.2, 0.25) is 0 Å². The van der Waals surface area contributed by atoms with Gasteiger partial charge in [0.1, 0.15) is 0 Å². The number of thiophene rings is 1. The van der Waals surface area contributed by atoms with Crippen molar-refractivity contribution in [1.82, 2.24) is 9.80 Å². The molecule has 0 aromatic carbocycles. The number of nitrogens with zero attached hydrogens (tertiary/aromatic N) is 2. The van der Waals surface area contributed by atoms with E-state index >= 15 is 0 Å². The first-order valence-corrected chi connectivity index (χ1v) is 6.45. The highest BCUT2D eigenvalue weighted by Crippen LogP contribution is 2.23. The van der Waals surface area contributed by atoms with Gasteiger partial charge in [0.2, 0.25) is 0 Å². The molecule has 1 aliphatic heterocycles. The summed E-state index contributed by atoms with van der Waals surface area (Å²) < 4.78 is 0.776. The number of carbonyl (C=O) groups excluding carboxylic acids is 4. The maximum atomic E-state index is 11.8.